The minimum Gasteiger partial charge on any atom is -1.00 e. The zero-order valence-electron chi connectivity index (χ0n) is 20.4. The monoisotopic (exact) mass is 630 g/mol. The first-order valence-corrected chi connectivity index (χ1v) is 10.2. The van der Waals surface area contributed by atoms with Crippen LogP contribution in [0.5, 0.6) is 0 Å². The third-order valence-corrected chi connectivity index (χ3v) is 5.25. The van der Waals surface area contributed by atoms with E-state index in [9.17, 15) is 60.3 Å². The van der Waals surface area contributed by atoms with E-state index in [1.807, 2.05) is 0 Å². The molecular formula is C18H28ClKMgO18. The summed E-state index contributed by atoms with van der Waals surface area (Å²) in [4.78, 5) is 30.2. The third-order valence-electron chi connectivity index (χ3n) is 5.25. The van der Waals surface area contributed by atoms with Gasteiger partial charge in [0.25, 0.3) is 0 Å². The minimum absolute atomic E-state index is 0. The number of carboxylic acids is 3. The summed E-state index contributed by atoms with van der Waals surface area (Å²) in [6.45, 7) is -1.35. The summed E-state index contributed by atoms with van der Waals surface area (Å²) >= 11 is 0. The molecule has 0 bridgehead atoms. The Morgan fingerprint density at radius 3 is 1.62 bits per heavy atom. The van der Waals surface area contributed by atoms with Gasteiger partial charge in [0.1, 0.15) is 48.8 Å². The Labute approximate surface area is 285 Å². The Balaban J connectivity index is -0.000000706. The third kappa shape index (κ3) is 12.4. The van der Waals surface area contributed by atoms with Crippen molar-refractivity contribution >= 4 is 41.0 Å². The molecule has 0 radical (unpaired) electrons. The predicted molar refractivity (Wildman–Crippen MR) is 106 cm³/mol. The maximum Gasteiger partial charge on any atom is 2.00 e. The molecule has 2 saturated heterocycles. The van der Waals surface area contributed by atoms with Crippen molar-refractivity contribution in [1.29, 1.82) is 0 Å². The zero-order chi connectivity index (χ0) is 28.0. The van der Waals surface area contributed by atoms with Crippen molar-refractivity contribution in [2.75, 3.05) is 13.2 Å². The Morgan fingerprint density at radius 1 is 0.769 bits per heavy atom. The van der Waals surface area contributed by atoms with Gasteiger partial charge >= 0.3 is 80.4 Å². The number of hydrogen-bond acceptors (Lipinski definition) is 17. The number of aliphatic hydroxyl groups excluding tert-OH is 8. The van der Waals surface area contributed by atoms with Crippen LogP contribution in [0, 0.1) is 0 Å². The van der Waals surface area contributed by atoms with Crippen LogP contribution in [0.2, 0.25) is 0 Å². The summed E-state index contributed by atoms with van der Waals surface area (Å²) in [6, 6.07) is 0. The molecule has 39 heavy (non-hydrogen) atoms. The molecule has 10 N–H and O–H groups in total. The normalized spacial score (nSPS) is 34.1. The molecule has 0 aromatic heterocycles. The van der Waals surface area contributed by atoms with E-state index in [1.54, 1.807) is 0 Å². The molecule has 1 unspecified atom stereocenters. The maximum absolute atomic E-state index is 10.3. The molecule has 0 aliphatic carbocycles. The van der Waals surface area contributed by atoms with Gasteiger partial charge in [-0.05, 0) is 0 Å². The molecular weight excluding hydrogens is 603 g/mol. The molecule has 2 aliphatic heterocycles. The second kappa shape index (κ2) is 19.7. The number of carbonyl (C=O) groups excluding carboxylic acids is 2. The van der Waals surface area contributed by atoms with Crippen molar-refractivity contribution in [3.63, 3.8) is 0 Å². The Morgan fingerprint density at radius 2 is 1.23 bits per heavy atom. The number of ether oxygens (including phenoxy) is 3. The van der Waals surface area contributed by atoms with Crippen molar-refractivity contribution in [1.82, 2.24) is 0 Å². The number of aliphatic hydroxyl groups is 9. The van der Waals surface area contributed by atoms with Crippen LogP contribution in [0.4, 0.5) is 0 Å². The van der Waals surface area contributed by atoms with Crippen LogP contribution in [-0.2, 0) is 28.6 Å². The molecule has 0 saturated carbocycles. The summed E-state index contributed by atoms with van der Waals surface area (Å²) in [7, 11) is 0. The van der Waals surface area contributed by atoms with Gasteiger partial charge in [-0.25, -0.2) is 4.79 Å². The summed E-state index contributed by atoms with van der Waals surface area (Å²) in [6.07, 6.45) is -18.2. The SMILES string of the molecule is O=C([O-])CC(O)(CC(=O)[O-])C(=O)O.OC[C@H]1O[C@@H](O[C@H]2[C@H](O)[C@@H](O)C(O)O[C@@H]2CO)[C@H](O)[C@@H](O)[C@H]1O.[Cl-].[K+].[Mg+2]. The molecule has 218 valence electrons. The molecule has 0 aromatic carbocycles. The molecule has 18 nitrogen and oxygen atoms in total. The fourth-order valence-electron chi connectivity index (χ4n) is 3.26. The van der Waals surface area contributed by atoms with Crippen LogP contribution in [0.25, 0.3) is 0 Å². The second-order valence-corrected chi connectivity index (χ2v) is 7.96. The van der Waals surface area contributed by atoms with Crippen LogP contribution in [0.15, 0.2) is 0 Å². The van der Waals surface area contributed by atoms with E-state index >= 15 is 0 Å². The molecule has 2 rings (SSSR count). The van der Waals surface area contributed by atoms with Crippen LogP contribution in [-0.4, -0.2) is 172 Å². The molecule has 10 atom stereocenters. The quantitative estimate of drug-likeness (QED) is 0.106. The van der Waals surface area contributed by atoms with Crippen LogP contribution < -0.4 is 74.0 Å². The molecule has 0 spiro atoms. The van der Waals surface area contributed by atoms with Crippen molar-refractivity contribution in [2.45, 2.75) is 79.9 Å². The summed E-state index contributed by atoms with van der Waals surface area (Å²) in [5.74, 6) is -5.65. The Bertz CT molecular complexity index is 746. The van der Waals surface area contributed by atoms with Gasteiger partial charge in [-0.2, -0.15) is 0 Å². The first kappa shape index (κ1) is 44.1. The number of hydrogen-bond donors (Lipinski definition) is 10. The van der Waals surface area contributed by atoms with Gasteiger partial charge in [-0.1, -0.05) is 0 Å². The topological polar surface area (TPSA) is 327 Å². The van der Waals surface area contributed by atoms with E-state index in [0.29, 0.717) is 0 Å². The Hall–Kier alpha value is 0.623. The molecule has 2 aliphatic rings. The molecule has 0 amide bonds. The average Bonchev–Trinajstić information content (AvgIpc) is 2.78. The largest absolute Gasteiger partial charge is 2.00 e. The van der Waals surface area contributed by atoms with Crippen LogP contribution in [0.1, 0.15) is 12.8 Å². The fraction of sp³-hybridized carbons (Fsp3) is 0.833. The first-order chi connectivity index (χ1) is 16.6. The number of aliphatic carboxylic acids is 3. The predicted octanol–water partition coefficient (Wildman–Crippen LogP) is -15.7. The minimum atomic E-state index is -2.86. The summed E-state index contributed by atoms with van der Waals surface area (Å²) < 4.78 is 15.3. The average molecular weight is 631 g/mol. The van der Waals surface area contributed by atoms with E-state index in [1.165, 1.54) is 0 Å². The number of rotatable bonds is 9. The molecule has 2 heterocycles. The Kier molecular flexibility index (Phi) is 22.3. The molecule has 2 fully saturated rings. The summed E-state index contributed by atoms with van der Waals surface area (Å²) in [5.41, 5.74) is -2.86. The van der Waals surface area contributed by atoms with Gasteiger partial charge in [0.05, 0.1) is 13.2 Å². The number of halogens is 1. The van der Waals surface area contributed by atoms with Gasteiger partial charge in [-0.15, -0.1) is 0 Å². The molecule has 21 heteroatoms. The van der Waals surface area contributed by atoms with Gasteiger partial charge in [-0.3, -0.25) is 0 Å². The van der Waals surface area contributed by atoms with Gasteiger partial charge in [0.15, 0.2) is 18.2 Å². The van der Waals surface area contributed by atoms with Gasteiger partial charge < -0.3 is 97.5 Å². The van der Waals surface area contributed by atoms with E-state index in [4.69, 9.17) is 29.5 Å². The van der Waals surface area contributed by atoms with Gasteiger partial charge in [0.2, 0.25) is 0 Å². The van der Waals surface area contributed by atoms with Crippen LogP contribution >= 0.6 is 0 Å². The van der Waals surface area contributed by atoms with Gasteiger partial charge in [0, 0.05) is 24.8 Å². The summed E-state index contributed by atoms with van der Waals surface area (Å²) in [5, 5.41) is 114. The van der Waals surface area contributed by atoms with Crippen molar-refractivity contribution in [3.05, 3.63) is 0 Å². The molecule has 0 aromatic rings. The van der Waals surface area contributed by atoms with Crippen molar-refractivity contribution < 1.29 is 154 Å². The van der Waals surface area contributed by atoms with E-state index < -0.39 is 111 Å². The fourth-order valence-corrected chi connectivity index (χ4v) is 3.26. The first-order valence-electron chi connectivity index (χ1n) is 10.2. The van der Waals surface area contributed by atoms with E-state index in [-0.39, 0.29) is 86.8 Å². The smallest absolute Gasteiger partial charge is 1.00 e. The maximum atomic E-state index is 10.3. The standard InChI is InChI=1S/C12H22O11.C6H8O7.ClH.K.Mg/c13-1-3-5(15)6(16)9(19)12(22-3)23-10-4(2-14)21-11(20)8(18)7(10)17;7-3(8)1-6(13,5(11)12)2-4(9)10;;;/h3-20H,1-2H2;13H,1-2H2,(H,7,8)(H,9,10)(H,11,12);1H;;/q;;;+1;+2/p-3/t3-,4-,5+,6+,7-,8-,9-,10-,11?,12+;;;;/m1..../s1. The number of carbonyl (C=O) groups is 3. The van der Waals surface area contributed by atoms with E-state index in [2.05, 4.69) is 0 Å². The van der Waals surface area contributed by atoms with Crippen molar-refractivity contribution in [3.8, 4) is 0 Å². The van der Waals surface area contributed by atoms with E-state index in [0.717, 1.165) is 0 Å². The van der Waals surface area contributed by atoms with Crippen LogP contribution in [0.3, 0.4) is 0 Å². The van der Waals surface area contributed by atoms with Crippen molar-refractivity contribution in [2.24, 2.45) is 0 Å². The second-order valence-electron chi connectivity index (χ2n) is 7.96. The number of carboxylic acid groups (broad SMARTS) is 3. The zero-order valence-corrected chi connectivity index (χ0v) is 25.7.